The molecule has 0 aliphatic carbocycles. The van der Waals surface area contributed by atoms with Crippen LogP contribution in [0.15, 0.2) is 48.9 Å². The largest absolute Gasteiger partial charge is 0.321 e. The summed E-state index contributed by atoms with van der Waals surface area (Å²) in [6.45, 7) is 7.16. The molecule has 3 aromatic heterocycles. The van der Waals surface area contributed by atoms with Gasteiger partial charge in [-0.3, -0.25) is 9.48 Å². The van der Waals surface area contributed by atoms with Crippen molar-refractivity contribution in [2.45, 2.75) is 26.3 Å². The average Bonchev–Trinajstić information content (AvgIpc) is 3.25. The number of carbonyl (C=O) groups is 1. The number of hydrogen-bond acceptors (Lipinski definition) is 4. The van der Waals surface area contributed by atoms with E-state index in [2.05, 4.69) is 36.5 Å². The Hall–Kier alpha value is -3.19. The van der Waals surface area contributed by atoms with Gasteiger partial charge in [-0.05, 0) is 50.7 Å². The molecule has 7 heteroatoms. The SMILES string of the molecule is CCNC(C)(C)c1cn2cc(NC(=O)c3ccc4c(cnn4C)c3)ccc2n1. The van der Waals surface area contributed by atoms with Crippen molar-refractivity contribution in [2.24, 2.45) is 7.05 Å². The number of amides is 1. The molecular weight excluding hydrogens is 352 g/mol. The molecule has 0 bridgehead atoms. The van der Waals surface area contributed by atoms with Gasteiger partial charge in [0.2, 0.25) is 0 Å². The molecule has 0 aliphatic rings. The lowest BCUT2D eigenvalue weighted by molar-refractivity contribution is 0.102. The Balaban J connectivity index is 1.59. The second-order valence-corrected chi connectivity index (χ2v) is 7.46. The van der Waals surface area contributed by atoms with Crippen molar-refractivity contribution in [3.8, 4) is 0 Å². The topological polar surface area (TPSA) is 76.2 Å². The standard InChI is InChI=1S/C21H24N6O/c1-5-22-21(2,3)18-13-27-12-16(7-9-19(27)25-18)24-20(28)14-6-8-17-15(10-14)11-23-26(17)4/h6-13,22H,5H2,1-4H3,(H,24,28). The fraction of sp³-hybridized carbons (Fsp3) is 0.286. The number of fused-ring (bicyclic) bond motifs is 2. The molecule has 4 rings (SSSR count). The van der Waals surface area contributed by atoms with Crippen LogP contribution in [0.25, 0.3) is 16.6 Å². The predicted molar refractivity (Wildman–Crippen MR) is 111 cm³/mol. The van der Waals surface area contributed by atoms with Crippen molar-refractivity contribution in [1.29, 1.82) is 0 Å². The first-order valence-electron chi connectivity index (χ1n) is 9.35. The van der Waals surface area contributed by atoms with Gasteiger partial charge < -0.3 is 15.0 Å². The van der Waals surface area contributed by atoms with E-state index in [4.69, 9.17) is 4.98 Å². The zero-order chi connectivity index (χ0) is 19.9. The maximum Gasteiger partial charge on any atom is 0.255 e. The molecule has 0 saturated carbocycles. The van der Waals surface area contributed by atoms with Crippen LogP contribution < -0.4 is 10.6 Å². The molecule has 0 spiro atoms. The molecule has 0 fully saturated rings. The van der Waals surface area contributed by atoms with Crippen LogP contribution in [0.2, 0.25) is 0 Å². The highest BCUT2D eigenvalue weighted by Crippen LogP contribution is 2.21. The van der Waals surface area contributed by atoms with Gasteiger partial charge in [-0.1, -0.05) is 6.92 Å². The van der Waals surface area contributed by atoms with E-state index in [1.54, 1.807) is 10.9 Å². The van der Waals surface area contributed by atoms with E-state index in [-0.39, 0.29) is 11.4 Å². The first kappa shape index (κ1) is 18.2. The number of aromatic nitrogens is 4. The minimum atomic E-state index is -0.219. The molecule has 4 aromatic rings. The van der Waals surface area contributed by atoms with Gasteiger partial charge in [-0.15, -0.1) is 0 Å². The molecule has 144 valence electrons. The van der Waals surface area contributed by atoms with Gasteiger partial charge in [0.15, 0.2) is 0 Å². The number of hydrogen-bond donors (Lipinski definition) is 2. The molecule has 28 heavy (non-hydrogen) atoms. The monoisotopic (exact) mass is 376 g/mol. The van der Waals surface area contributed by atoms with Gasteiger partial charge in [-0.25, -0.2) is 4.98 Å². The van der Waals surface area contributed by atoms with E-state index in [0.717, 1.165) is 28.8 Å². The van der Waals surface area contributed by atoms with Crippen molar-refractivity contribution in [2.75, 3.05) is 11.9 Å². The van der Waals surface area contributed by atoms with Crippen LogP contribution in [0.4, 0.5) is 5.69 Å². The molecule has 1 aromatic carbocycles. The lowest BCUT2D eigenvalue weighted by atomic mass is 10.0. The number of nitrogens with zero attached hydrogens (tertiary/aromatic N) is 4. The highest BCUT2D eigenvalue weighted by molar-refractivity contribution is 6.06. The number of carbonyl (C=O) groups excluding carboxylic acids is 1. The molecule has 0 unspecified atom stereocenters. The van der Waals surface area contributed by atoms with Crippen LogP contribution >= 0.6 is 0 Å². The number of rotatable bonds is 5. The Morgan fingerprint density at radius 1 is 1.18 bits per heavy atom. The smallest absolute Gasteiger partial charge is 0.255 e. The van der Waals surface area contributed by atoms with Crippen molar-refractivity contribution in [3.63, 3.8) is 0 Å². The second kappa shape index (κ2) is 6.76. The molecule has 0 radical (unpaired) electrons. The van der Waals surface area contributed by atoms with E-state index < -0.39 is 0 Å². The zero-order valence-corrected chi connectivity index (χ0v) is 16.5. The molecule has 0 atom stereocenters. The van der Waals surface area contributed by atoms with E-state index in [9.17, 15) is 4.79 Å². The second-order valence-electron chi connectivity index (χ2n) is 7.46. The summed E-state index contributed by atoms with van der Waals surface area (Å²) < 4.78 is 3.73. The van der Waals surface area contributed by atoms with E-state index in [1.807, 2.05) is 54.2 Å². The summed E-state index contributed by atoms with van der Waals surface area (Å²) in [6, 6.07) is 9.35. The first-order chi connectivity index (χ1) is 13.4. The van der Waals surface area contributed by atoms with Crippen LogP contribution in [0.3, 0.4) is 0 Å². The molecule has 3 heterocycles. The third-order valence-electron chi connectivity index (χ3n) is 4.98. The van der Waals surface area contributed by atoms with Gasteiger partial charge in [-0.2, -0.15) is 5.10 Å². The fourth-order valence-electron chi connectivity index (χ4n) is 3.41. The summed E-state index contributed by atoms with van der Waals surface area (Å²) in [4.78, 5) is 17.4. The van der Waals surface area contributed by atoms with E-state index >= 15 is 0 Å². The lowest BCUT2D eigenvalue weighted by Gasteiger charge is -2.23. The summed E-state index contributed by atoms with van der Waals surface area (Å²) in [5, 5.41) is 11.6. The number of imidazole rings is 1. The van der Waals surface area contributed by atoms with Gasteiger partial charge in [0.1, 0.15) is 5.65 Å². The molecule has 7 nitrogen and oxygen atoms in total. The molecule has 0 saturated heterocycles. The Kier molecular flexibility index (Phi) is 4.39. The predicted octanol–water partition coefficient (Wildman–Crippen LogP) is 3.32. The Bertz CT molecular complexity index is 1170. The van der Waals surface area contributed by atoms with Gasteiger partial charge in [0.05, 0.1) is 28.6 Å². The zero-order valence-electron chi connectivity index (χ0n) is 16.5. The Morgan fingerprint density at radius 3 is 2.79 bits per heavy atom. The normalized spacial score (nSPS) is 12.0. The van der Waals surface area contributed by atoms with Crippen LogP contribution in [-0.4, -0.2) is 31.6 Å². The van der Waals surface area contributed by atoms with Gasteiger partial charge >= 0.3 is 0 Å². The summed E-state index contributed by atoms with van der Waals surface area (Å²) >= 11 is 0. The van der Waals surface area contributed by atoms with Crippen LogP contribution in [-0.2, 0) is 12.6 Å². The third-order valence-corrected chi connectivity index (χ3v) is 4.98. The summed E-state index contributed by atoms with van der Waals surface area (Å²) in [6.07, 6.45) is 5.64. The molecule has 2 N–H and O–H groups in total. The molecular formula is C21H24N6O. The third kappa shape index (κ3) is 3.25. The number of pyridine rings is 1. The minimum absolute atomic E-state index is 0.154. The van der Waals surface area contributed by atoms with Gasteiger partial charge in [0, 0.05) is 30.4 Å². The Morgan fingerprint density at radius 2 is 2.00 bits per heavy atom. The highest BCUT2D eigenvalue weighted by Gasteiger charge is 2.22. The van der Waals surface area contributed by atoms with Crippen molar-refractivity contribution < 1.29 is 4.79 Å². The van der Waals surface area contributed by atoms with Crippen molar-refractivity contribution in [1.82, 2.24) is 24.5 Å². The van der Waals surface area contributed by atoms with E-state index in [1.165, 1.54) is 0 Å². The number of aryl methyl sites for hydroxylation is 1. The van der Waals surface area contributed by atoms with Crippen molar-refractivity contribution >= 4 is 28.1 Å². The summed E-state index contributed by atoms with van der Waals surface area (Å²) in [5.41, 5.74) is 3.89. The summed E-state index contributed by atoms with van der Waals surface area (Å²) in [7, 11) is 1.88. The maximum absolute atomic E-state index is 12.7. The quantitative estimate of drug-likeness (QED) is 0.560. The minimum Gasteiger partial charge on any atom is -0.321 e. The maximum atomic E-state index is 12.7. The highest BCUT2D eigenvalue weighted by atomic mass is 16.1. The van der Waals surface area contributed by atoms with Gasteiger partial charge in [0.25, 0.3) is 5.91 Å². The lowest BCUT2D eigenvalue weighted by Crippen LogP contribution is -2.36. The summed E-state index contributed by atoms with van der Waals surface area (Å²) in [5.74, 6) is -0.154. The number of nitrogens with one attached hydrogen (secondary N) is 2. The van der Waals surface area contributed by atoms with Crippen molar-refractivity contribution in [3.05, 3.63) is 60.2 Å². The Labute approximate surface area is 163 Å². The number of anilines is 1. The molecule has 1 amide bonds. The molecule has 0 aliphatic heterocycles. The first-order valence-corrected chi connectivity index (χ1v) is 9.35. The average molecular weight is 376 g/mol. The van der Waals surface area contributed by atoms with Crippen LogP contribution in [0, 0.1) is 0 Å². The van der Waals surface area contributed by atoms with Crippen LogP contribution in [0.1, 0.15) is 36.8 Å². The fourth-order valence-corrected chi connectivity index (χ4v) is 3.41. The number of benzene rings is 1. The van der Waals surface area contributed by atoms with Crippen LogP contribution in [0.5, 0.6) is 0 Å². The van der Waals surface area contributed by atoms with E-state index in [0.29, 0.717) is 11.3 Å².